The van der Waals surface area contributed by atoms with E-state index in [1.54, 1.807) is 18.2 Å². The summed E-state index contributed by atoms with van der Waals surface area (Å²) in [6.45, 7) is 0.502. The number of fused-ring (bicyclic) bond motifs is 1. The van der Waals surface area contributed by atoms with Crippen LogP contribution in [0.15, 0.2) is 36.7 Å². The number of methoxy groups -OCH3 is 1. The molecule has 0 fully saturated rings. The number of nitrogens with zero attached hydrogens (tertiary/aromatic N) is 2. The van der Waals surface area contributed by atoms with E-state index in [0.717, 1.165) is 12.3 Å². The molecule has 0 atom stereocenters. The van der Waals surface area contributed by atoms with Crippen molar-refractivity contribution in [3.8, 4) is 5.75 Å². The van der Waals surface area contributed by atoms with Gasteiger partial charge in [0.15, 0.2) is 5.75 Å². The van der Waals surface area contributed by atoms with Gasteiger partial charge in [-0.05, 0) is 18.2 Å². The number of anilines is 1. The number of hydrogen-bond donors (Lipinski definition) is 0. The number of aromatic nitrogens is 1. The standard InChI is InChI=1S/C16H13FN2O4/c1-22-16(21)12-3-2-4-13-14(12)23-6-5-19(13)15(20)10-7-11(17)9-18-8-10/h2-4,7-9H,5-6H2,1H3. The molecule has 0 aliphatic carbocycles. The zero-order chi connectivity index (χ0) is 16.4. The predicted octanol–water partition coefficient (Wildman–Crippen LogP) is 2.05. The Hall–Kier alpha value is -2.96. The van der Waals surface area contributed by atoms with E-state index in [0.29, 0.717) is 5.69 Å². The summed E-state index contributed by atoms with van der Waals surface area (Å²) in [5.74, 6) is -1.27. The lowest BCUT2D eigenvalue weighted by atomic mass is 10.1. The highest BCUT2D eigenvalue weighted by Crippen LogP contribution is 2.36. The van der Waals surface area contributed by atoms with Gasteiger partial charge in [0.25, 0.3) is 5.91 Å². The van der Waals surface area contributed by atoms with Crippen LogP contribution in [0.1, 0.15) is 20.7 Å². The van der Waals surface area contributed by atoms with Crippen LogP contribution in [0, 0.1) is 5.82 Å². The van der Waals surface area contributed by atoms with Crippen molar-refractivity contribution in [2.75, 3.05) is 25.2 Å². The highest BCUT2D eigenvalue weighted by Gasteiger charge is 2.28. The second-order valence-corrected chi connectivity index (χ2v) is 4.84. The fraction of sp³-hybridized carbons (Fsp3) is 0.188. The molecule has 1 aliphatic rings. The Morgan fingerprint density at radius 1 is 1.35 bits per heavy atom. The fourth-order valence-corrected chi connectivity index (χ4v) is 2.41. The summed E-state index contributed by atoms with van der Waals surface area (Å²) in [4.78, 5) is 29.5. The van der Waals surface area contributed by atoms with Crippen LogP contribution in [0.2, 0.25) is 0 Å². The van der Waals surface area contributed by atoms with Gasteiger partial charge in [-0.25, -0.2) is 9.18 Å². The normalized spacial score (nSPS) is 13.0. The SMILES string of the molecule is COC(=O)c1cccc2c1OCCN2C(=O)c1cncc(F)c1. The molecular weight excluding hydrogens is 303 g/mol. The number of esters is 1. The first-order valence-corrected chi connectivity index (χ1v) is 6.88. The van der Waals surface area contributed by atoms with Crippen molar-refractivity contribution in [1.29, 1.82) is 0 Å². The number of ether oxygens (including phenoxy) is 2. The summed E-state index contributed by atoms with van der Waals surface area (Å²) in [7, 11) is 1.27. The minimum Gasteiger partial charge on any atom is -0.489 e. The third-order valence-electron chi connectivity index (χ3n) is 3.45. The second kappa shape index (κ2) is 6.04. The Bertz CT molecular complexity index is 778. The van der Waals surface area contributed by atoms with E-state index in [2.05, 4.69) is 4.98 Å². The number of pyridine rings is 1. The summed E-state index contributed by atoms with van der Waals surface area (Å²) in [6, 6.07) is 5.96. The van der Waals surface area contributed by atoms with Gasteiger partial charge in [-0.1, -0.05) is 6.07 Å². The van der Waals surface area contributed by atoms with E-state index >= 15 is 0 Å². The number of para-hydroxylation sites is 1. The molecule has 0 saturated carbocycles. The van der Waals surface area contributed by atoms with Gasteiger partial charge in [0, 0.05) is 6.20 Å². The van der Waals surface area contributed by atoms with Crippen LogP contribution in [-0.2, 0) is 4.74 Å². The van der Waals surface area contributed by atoms with Crippen molar-refractivity contribution >= 4 is 17.6 Å². The molecule has 0 unspecified atom stereocenters. The van der Waals surface area contributed by atoms with E-state index in [1.165, 1.54) is 18.2 Å². The first-order valence-electron chi connectivity index (χ1n) is 6.88. The van der Waals surface area contributed by atoms with Crippen LogP contribution >= 0.6 is 0 Å². The Balaban J connectivity index is 2.02. The Kier molecular flexibility index (Phi) is 3.92. The molecule has 2 aromatic rings. The van der Waals surface area contributed by atoms with Crippen LogP contribution in [0.3, 0.4) is 0 Å². The average molecular weight is 316 g/mol. The maximum Gasteiger partial charge on any atom is 0.341 e. The molecule has 1 amide bonds. The monoisotopic (exact) mass is 316 g/mol. The molecule has 118 valence electrons. The number of hydrogen-bond acceptors (Lipinski definition) is 5. The van der Waals surface area contributed by atoms with Crippen molar-refractivity contribution in [1.82, 2.24) is 4.98 Å². The van der Waals surface area contributed by atoms with E-state index in [1.807, 2.05) is 0 Å². The lowest BCUT2D eigenvalue weighted by Crippen LogP contribution is -2.38. The van der Waals surface area contributed by atoms with Gasteiger partial charge in [0.1, 0.15) is 18.0 Å². The maximum atomic E-state index is 13.3. The zero-order valence-electron chi connectivity index (χ0n) is 12.3. The molecule has 1 aromatic carbocycles. The Labute approximate surface area is 131 Å². The summed E-state index contributed by atoms with van der Waals surface area (Å²) >= 11 is 0. The molecule has 0 saturated heterocycles. The van der Waals surface area contributed by atoms with Crippen molar-refractivity contribution in [3.63, 3.8) is 0 Å². The minimum atomic E-state index is -0.590. The van der Waals surface area contributed by atoms with Crippen molar-refractivity contribution < 1.29 is 23.5 Å². The second-order valence-electron chi connectivity index (χ2n) is 4.84. The highest BCUT2D eigenvalue weighted by atomic mass is 19.1. The molecule has 7 heteroatoms. The van der Waals surface area contributed by atoms with Gasteiger partial charge in [-0.15, -0.1) is 0 Å². The molecule has 0 bridgehead atoms. The number of halogens is 1. The number of amides is 1. The van der Waals surface area contributed by atoms with Crippen molar-refractivity contribution in [2.24, 2.45) is 0 Å². The fourth-order valence-electron chi connectivity index (χ4n) is 2.41. The highest BCUT2D eigenvalue weighted by molar-refractivity contribution is 6.08. The van der Waals surface area contributed by atoms with Crippen LogP contribution in [0.4, 0.5) is 10.1 Å². The lowest BCUT2D eigenvalue weighted by molar-refractivity contribution is 0.0595. The third kappa shape index (κ3) is 2.73. The number of carbonyl (C=O) groups excluding carboxylic acids is 2. The van der Waals surface area contributed by atoms with E-state index in [9.17, 15) is 14.0 Å². The van der Waals surface area contributed by atoms with Crippen LogP contribution < -0.4 is 9.64 Å². The van der Waals surface area contributed by atoms with E-state index in [4.69, 9.17) is 9.47 Å². The molecule has 6 nitrogen and oxygen atoms in total. The number of carbonyl (C=O) groups is 2. The number of rotatable bonds is 2. The first kappa shape index (κ1) is 15.0. The van der Waals surface area contributed by atoms with Gasteiger partial charge in [0.2, 0.25) is 0 Å². The molecule has 23 heavy (non-hydrogen) atoms. The van der Waals surface area contributed by atoms with Crippen LogP contribution in [0.5, 0.6) is 5.75 Å². The summed E-state index contributed by atoms with van der Waals surface area (Å²) in [5.41, 5.74) is 0.801. The molecule has 2 heterocycles. The van der Waals surface area contributed by atoms with Gasteiger partial charge in [-0.2, -0.15) is 0 Å². The largest absolute Gasteiger partial charge is 0.489 e. The van der Waals surface area contributed by atoms with Crippen LogP contribution in [-0.4, -0.2) is 37.1 Å². The Morgan fingerprint density at radius 2 is 2.17 bits per heavy atom. The number of benzene rings is 1. The first-order chi connectivity index (χ1) is 11.1. The smallest absolute Gasteiger partial charge is 0.341 e. The predicted molar refractivity (Wildman–Crippen MR) is 79.1 cm³/mol. The molecule has 3 rings (SSSR count). The van der Waals surface area contributed by atoms with Crippen molar-refractivity contribution in [3.05, 3.63) is 53.6 Å². The third-order valence-corrected chi connectivity index (χ3v) is 3.45. The summed E-state index contributed by atoms with van der Waals surface area (Å²) in [6.07, 6.45) is 2.32. The molecule has 1 aliphatic heterocycles. The molecule has 1 aromatic heterocycles. The Morgan fingerprint density at radius 3 is 2.91 bits per heavy atom. The molecule has 0 spiro atoms. The van der Waals surface area contributed by atoms with Gasteiger partial charge >= 0.3 is 5.97 Å². The molecule has 0 radical (unpaired) electrons. The lowest BCUT2D eigenvalue weighted by Gasteiger charge is -2.30. The maximum absolute atomic E-state index is 13.3. The van der Waals surface area contributed by atoms with Gasteiger partial charge in [-0.3, -0.25) is 9.78 Å². The van der Waals surface area contributed by atoms with Gasteiger partial charge in [0.05, 0.1) is 31.1 Å². The van der Waals surface area contributed by atoms with Crippen LogP contribution in [0.25, 0.3) is 0 Å². The summed E-state index contributed by atoms with van der Waals surface area (Å²) in [5, 5.41) is 0. The van der Waals surface area contributed by atoms with E-state index in [-0.39, 0.29) is 30.0 Å². The quantitative estimate of drug-likeness (QED) is 0.793. The minimum absolute atomic E-state index is 0.126. The molecular formula is C16H13FN2O4. The van der Waals surface area contributed by atoms with Gasteiger partial charge < -0.3 is 14.4 Å². The average Bonchev–Trinajstić information content (AvgIpc) is 2.59. The van der Waals surface area contributed by atoms with E-state index < -0.39 is 17.7 Å². The molecule has 0 N–H and O–H groups in total. The topological polar surface area (TPSA) is 68.7 Å². The summed E-state index contributed by atoms with van der Waals surface area (Å²) < 4.78 is 23.5. The van der Waals surface area contributed by atoms with Crippen molar-refractivity contribution in [2.45, 2.75) is 0 Å². The zero-order valence-corrected chi connectivity index (χ0v) is 12.3.